The van der Waals surface area contributed by atoms with Gasteiger partial charge in [0.2, 0.25) is 0 Å². The van der Waals surface area contributed by atoms with Crippen LogP contribution in [-0.4, -0.2) is 11.1 Å². The van der Waals surface area contributed by atoms with E-state index in [9.17, 15) is 31.1 Å². The second-order valence-electron chi connectivity index (χ2n) is 5.64. The summed E-state index contributed by atoms with van der Waals surface area (Å²) in [5.74, 6) is -0.436. The first-order valence-corrected chi connectivity index (χ1v) is 8.39. The third-order valence-electron chi connectivity index (χ3n) is 4.01. The SMILES string of the molecule is O=C(CBr)c1cc2cc(C(F)(F)F)cc(C(F)(F)F)c2c2ccccc12. The van der Waals surface area contributed by atoms with E-state index >= 15 is 0 Å². The van der Waals surface area contributed by atoms with Crippen molar-refractivity contribution < 1.29 is 31.1 Å². The molecule has 136 valence electrons. The van der Waals surface area contributed by atoms with Gasteiger partial charge in [0.1, 0.15) is 0 Å². The molecule has 0 spiro atoms. The van der Waals surface area contributed by atoms with Gasteiger partial charge in [-0.15, -0.1) is 0 Å². The van der Waals surface area contributed by atoms with Gasteiger partial charge in [-0.25, -0.2) is 0 Å². The highest BCUT2D eigenvalue weighted by Gasteiger charge is 2.38. The van der Waals surface area contributed by atoms with Gasteiger partial charge in [0.05, 0.1) is 16.5 Å². The van der Waals surface area contributed by atoms with Gasteiger partial charge in [0.25, 0.3) is 0 Å². The Morgan fingerprint density at radius 3 is 2.04 bits per heavy atom. The highest BCUT2D eigenvalue weighted by molar-refractivity contribution is 9.09. The minimum Gasteiger partial charge on any atom is -0.293 e. The average Bonchev–Trinajstić information content (AvgIpc) is 2.57. The predicted octanol–water partition coefficient (Wildman–Crippen LogP) is 6.61. The molecule has 0 aromatic heterocycles. The molecule has 0 atom stereocenters. The number of fused-ring (bicyclic) bond motifs is 3. The van der Waals surface area contributed by atoms with Crippen LogP contribution in [0.4, 0.5) is 26.3 Å². The molecule has 0 aliphatic heterocycles. The fourth-order valence-corrected chi connectivity index (χ4v) is 3.24. The monoisotopic (exact) mass is 434 g/mol. The quantitative estimate of drug-likeness (QED) is 0.192. The molecule has 0 saturated heterocycles. The molecule has 0 heterocycles. The van der Waals surface area contributed by atoms with Crippen LogP contribution in [-0.2, 0) is 12.4 Å². The van der Waals surface area contributed by atoms with Crippen LogP contribution in [0.2, 0.25) is 0 Å². The fourth-order valence-electron chi connectivity index (χ4n) is 2.94. The third-order valence-corrected chi connectivity index (χ3v) is 4.52. The van der Waals surface area contributed by atoms with E-state index in [1.807, 2.05) is 0 Å². The third kappa shape index (κ3) is 3.18. The summed E-state index contributed by atoms with van der Waals surface area (Å²) in [4.78, 5) is 12.1. The number of hydrogen-bond acceptors (Lipinski definition) is 1. The molecule has 0 fully saturated rings. The molecule has 3 aromatic rings. The Hall–Kier alpha value is -2.09. The first-order valence-electron chi connectivity index (χ1n) is 7.27. The first kappa shape index (κ1) is 18.7. The number of hydrogen-bond donors (Lipinski definition) is 0. The van der Waals surface area contributed by atoms with E-state index in [1.54, 1.807) is 6.07 Å². The molecule has 3 rings (SSSR count). The number of alkyl halides is 7. The van der Waals surface area contributed by atoms with Crippen LogP contribution >= 0.6 is 15.9 Å². The van der Waals surface area contributed by atoms with Crippen LogP contribution < -0.4 is 0 Å². The highest BCUT2D eigenvalue weighted by atomic mass is 79.9. The van der Waals surface area contributed by atoms with Crippen molar-refractivity contribution in [2.45, 2.75) is 12.4 Å². The molecule has 0 unspecified atom stereocenters. The summed E-state index contributed by atoms with van der Waals surface area (Å²) in [5, 5.41) is -0.402. The second kappa shape index (κ2) is 6.26. The summed E-state index contributed by atoms with van der Waals surface area (Å²) in [6, 6.07) is 7.71. The molecule has 0 aliphatic carbocycles. The minimum absolute atomic E-state index is 0.0671. The maximum atomic E-state index is 13.5. The zero-order valence-corrected chi connectivity index (χ0v) is 14.4. The van der Waals surface area contributed by atoms with E-state index in [0.717, 1.165) is 6.07 Å². The van der Waals surface area contributed by atoms with Crippen LogP contribution in [0.1, 0.15) is 21.5 Å². The van der Waals surface area contributed by atoms with Crippen LogP contribution in [0.15, 0.2) is 42.5 Å². The Bertz CT molecular complexity index is 1020. The van der Waals surface area contributed by atoms with Crippen molar-refractivity contribution in [3.8, 4) is 0 Å². The lowest BCUT2D eigenvalue weighted by Crippen LogP contribution is -2.12. The van der Waals surface area contributed by atoms with Crippen LogP contribution in [0.3, 0.4) is 0 Å². The maximum Gasteiger partial charge on any atom is 0.417 e. The Kier molecular flexibility index (Phi) is 4.50. The smallest absolute Gasteiger partial charge is 0.293 e. The maximum absolute atomic E-state index is 13.5. The zero-order chi connectivity index (χ0) is 19.3. The molecule has 3 aromatic carbocycles. The highest BCUT2D eigenvalue weighted by Crippen LogP contribution is 2.43. The topological polar surface area (TPSA) is 17.1 Å². The zero-order valence-electron chi connectivity index (χ0n) is 12.8. The van der Waals surface area contributed by atoms with E-state index in [-0.39, 0.29) is 38.5 Å². The van der Waals surface area contributed by atoms with Crippen molar-refractivity contribution in [3.63, 3.8) is 0 Å². The summed E-state index contributed by atoms with van der Waals surface area (Å²) >= 11 is 2.98. The molecule has 0 N–H and O–H groups in total. The molecule has 0 amide bonds. The fraction of sp³-hybridized carbons (Fsp3) is 0.167. The van der Waals surface area contributed by atoms with Crippen molar-refractivity contribution >= 4 is 43.3 Å². The van der Waals surface area contributed by atoms with Gasteiger partial charge < -0.3 is 0 Å². The predicted molar refractivity (Wildman–Crippen MR) is 89.6 cm³/mol. The van der Waals surface area contributed by atoms with E-state index in [0.29, 0.717) is 6.07 Å². The van der Waals surface area contributed by atoms with E-state index in [4.69, 9.17) is 0 Å². The van der Waals surface area contributed by atoms with Gasteiger partial charge in [-0.3, -0.25) is 4.79 Å². The van der Waals surface area contributed by atoms with Gasteiger partial charge in [-0.2, -0.15) is 26.3 Å². The average molecular weight is 435 g/mol. The summed E-state index contributed by atoms with van der Waals surface area (Å²) < 4.78 is 79.7. The summed E-state index contributed by atoms with van der Waals surface area (Å²) in [6.45, 7) is 0. The van der Waals surface area contributed by atoms with Crippen LogP contribution in [0, 0.1) is 0 Å². The van der Waals surface area contributed by atoms with Crippen molar-refractivity contribution in [2.24, 2.45) is 0 Å². The summed E-state index contributed by atoms with van der Waals surface area (Å²) in [6.07, 6.45) is -9.93. The van der Waals surface area contributed by atoms with Crippen molar-refractivity contribution in [3.05, 3.63) is 59.2 Å². The normalized spacial score (nSPS) is 12.7. The molecule has 1 nitrogen and oxygen atoms in total. The Morgan fingerprint density at radius 2 is 1.50 bits per heavy atom. The lowest BCUT2D eigenvalue weighted by molar-refractivity contribution is -0.142. The summed E-state index contributed by atoms with van der Waals surface area (Å²) in [5.41, 5.74) is -2.72. The van der Waals surface area contributed by atoms with Gasteiger partial charge in [0, 0.05) is 10.9 Å². The van der Waals surface area contributed by atoms with Gasteiger partial charge in [0.15, 0.2) is 5.78 Å². The standard InChI is InChI=1S/C18H9BrF6O/c19-8-15(26)13-6-9-5-10(17(20,21)22)7-14(18(23,24)25)16(9)12-4-2-1-3-11(12)13/h1-7H,8H2. The van der Waals surface area contributed by atoms with Crippen LogP contribution in [0.25, 0.3) is 21.5 Å². The van der Waals surface area contributed by atoms with Gasteiger partial charge in [-0.05, 0) is 34.4 Å². The number of ketones is 1. The molecular weight excluding hydrogens is 426 g/mol. The minimum atomic E-state index is -4.98. The van der Waals surface area contributed by atoms with E-state index in [2.05, 4.69) is 15.9 Å². The lowest BCUT2D eigenvalue weighted by Gasteiger charge is -2.17. The van der Waals surface area contributed by atoms with Crippen molar-refractivity contribution in [1.82, 2.24) is 0 Å². The molecular formula is C18H9BrF6O. The summed E-state index contributed by atoms with van der Waals surface area (Å²) in [7, 11) is 0. The molecule has 26 heavy (non-hydrogen) atoms. The Morgan fingerprint density at radius 1 is 0.885 bits per heavy atom. The number of carbonyl (C=O) groups is 1. The van der Waals surface area contributed by atoms with Gasteiger partial charge >= 0.3 is 12.4 Å². The molecule has 0 aliphatic rings. The second-order valence-corrected chi connectivity index (χ2v) is 6.20. The van der Waals surface area contributed by atoms with Crippen molar-refractivity contribution in [1.29, 1.82) is 0 Å². The van der Waals surface area contributed by atoms with Gasteiger partial charge in [-0.1, -0.05) is 40.2 Å². The number of benzene rings is 3. The number of rotatable bonds is 2. The van der Waals surface area contributed by atoms with E-state index in [1.165, 1.54) is 18.2 Å². The van der Waals surface area contributed by atoms with E-state index < -0.39 is 29.3 Å². The molecule has 0 saturated carbocycles. The van der Waals surface area contributed by atoms with Crippen LogP contribution in [0.5, 0.6) is 0 Å². The Balaban J connectivity index is 2.57. The number of Topliss-reactive ketones (excluding diaryl/α,β-unsaturated/α-hetero) is 1. The lowest BCUT2D eigenvalue weighted by atomic mass is 9.91. The molecule has 8 heteroatoms. The molecule has 0 radical (unpaired) electrons. The van der Waals surface area contributed by atoms with Crippen molar-refractivity contribution in [2.75, 3.05) is 5.33 Å². The largest absolute Gasteiger partial charge is 0.417 e. The number of carbonyl (C=O) groups excluding carboxylic acids is 1. The number of halogens is 7. The first-order chi connectivity index (χ1) is 12.0. The Labute approximate surface area is 151 Å². The molecule has 0 bridgehead atoms.